The van der Waals surface area contributed by atoms with Crippen molar-refractivity contribution in [1.82, 2.24) is 10.2 Å². The van der Waals surface area contributed by atoms with Crippen LogP contribution in [0, 0.1) is 13.8 Å². The number of aryl methyl sites for hydroxylation is 2. The van der Waals surface area contributed by atoms with E-state index < -0.39 is 11.7 Å². The maximum absolute atomic E-state index is 11.5. The number of carbonyl (C=O) groups is 1. The summed E-state index contributed by atoms with van der Waals surface area (Å²) in [6.07, 6.45) is -0.463. The normalized spacial score (nSPS) is 11.3. The molecule has 0 saturated carbocycles. The Morgan fingerprint density at radius 2 is 2.00 bits per heavy atom. The first-order chi connectivity index (χ1) is 6.79. The van der Waals surface area contributed by atoms with Gasteiger partial charge in [-0.3, -0.25) is 10.4 Å². The Hall–Kier alpha value is -1.52. The van der Waals surface area contributed by atoms with E-state index in [1.54, 1.807) is 0 Å². The molecule has 0 radical (unpaired) electrons. The van der Waals surface area contributed by atoms with Crippen LogP contribution in [-0.2, 0) is 4.74 Å². The highest BCUT2D eigenvalue weighted by atomic mass is 16.6. The molecular formula is C10H17N3O2. The van der Waals surface area contributed by atoms with Crippen LogP contribution in [0.5, 0.6) is 0 Å². The van der Waals surface area contributed by atoms with Gasteiger partial charge in [0.15, 0.2) is 0 Å². The maximum atomic E-state index is 11.5. The number of ether oxygens (including phenoxy) is 1. The van der Waals surface area contributed by atoms with Gasteiger partial charge in [-0.05, 0) is 34.6 Å². The second-order valence-corrected chi connectivity index (χ2v) is 4.44. The summed E-state index contributed by atoms with van der Waals surface area (Å²) < 4.78 is 5.13. The molecule has 0 aliphatic carbocycles. The fourth-order valence-electron chi connectivity index (χ4n) is 1.14. The summed E-state index contributed by atoms with van der Waals surface area (Å²) in [5.74, 6) is 0. The SMILES string of the molecule is Cc1n[nH]c(C)c1NC(=O)OC(C)(C)C. The lowest BCUT2D eigenvalue weighted by Crippen LogP contribution is -2.27. The number of hydrogen-bond donors (Lipinski definition) is 2. The summed E-state index contributed by atoms with van der Waals surface area (Å²) in [7, 11) is 0. The number of hydrogen-bond acceptors (Lipinski definition) is 3. The Morgan fingerprint density at radius 3 is 2.40 bits per heavy atom. The van der Waals surface area contributed by atoms with Gasteiger partial charge in [-0.2, -0.15) is 5.10 Å². The zero-order valence-electron chi connectivity index (χ0n) is 9.76. The first-order valence-corrected chi connectivity index (χ1v) is 4.81. The van der Waals surface area contributed by atoms with Crippen molar-refractivity contribution in [1.29, 1.82) is 0 Å². The van der Waals surface area contributed by atoms with Gasteiger partial charge in [0.2, 0.25) is 0 Å². The molecular weight excluding hydrogens is 194 g/mol. The van der Waals surface area contributed by atoms with Gasteiger partial charge in [-0.15, -0.1) is 0 Å². The highest BCUT2D eigenvalue weighted by Gasteiger charge is 2.18. The average molecular weight is 211 g/mol. The predicted octanol–water partition coefficient (Wildman–Crippen LogP) is 2.37. The fourth-order valence-corrected chi connectivity index (χ4v) is 1.14. The van der Waals surface area contributed by atoms with E-state index in [1.165, 1.54) is 0 Å². The van der Waals surface area contributed by atoms with Crippen LogP contribution < -0.4 is 5.32 Å². The smallest absolute Gasteiger partial charge is 0.412 e. The molecule has 5 heteroatoms. The number of rotatable bonds is 1. The quantitative estimate of drug-likeness (QED) is 0.749. The molecule has 0 unspecified atom stereocenters. The Kier molecular flexibility index (Phi) is 3.02. The molecule has 0 atom stereocenters. The van der Waals surface area contributed by atoms with Crippen LogP contribution in [0.3, 0.4) is 0 Å². The molecule has 1 amide bonds. The van der Waals surface area contributed by atoms with Crippen LogP contribution in [-0.4, -0.2) is 21.9 Å². The third kappa shape index (κ3) is 3.27. The van der Waals surface area contributed by atoms with Gasteiger partial charge in [0.25, 0.3) is 0 Å². The van der Waals surface area contributed by atoms with Crippen LogP contribution in [0.15, 0.2) is 0 Å². The van der Waals surface area contributed by atoms with Gasteiger partial charge >= 0.3 is 6.09 Å². The molecule has 0 spiro atoms. The summed E-state index contributed by atoms with van der Waals surface area (Å²) in [6.45, 7) is 9.12. The van der Waals surface area contributed by atoms with Crippen molar-refractivity contribution in [3.63, 3.8) is 0 Å². The second kappa shape index (κ2) is 3.92. The van der Waals surface area contributed by atoms with Gasteiger partial charge in [-0.25, -0.2) is 4.79 Å². The van der Waals surface area contributed by atoms with Gasteiger partial charge in [-0.1, -0.05) is 0 Å². The number of H-pyrrole nitrogens is 1. The molecule has 1 aromatic rings. The van der Waals surface area contributed by atoms with E-state index in [4.69, 9.17) is 4.74 Å². The van der Waals surface area contributed by atoms with Crippen molar-refractivity contribution >= 4 is 11.8 Å². The van der Waals surface area contributed by atoms with Crippen LogP contribution in [0.25, 0.3) is 0 Å². The Balaban J connectivity index is 2.67. The van der Waals surface area contributed by atoms with Crippen LogP contribution in [0.1, 0.15) is 32.2 Å². The van der Waals surface area contributed by atoms with E-state index in [0.717, 1.165) is 11.4 Å². The highest BCUT2D eigenvalue weighted by Crippen LogP contribution is 2.17. The Bertz CT molecular complexity index is 344. The van der Waals surface area contributed by atoms with E-state index >= 15 is 0 Å². The van der Waals surface area contributed by atoms with E-state index in [1.807, 2.05) is 34.6 Å². The summed E-state index contributed by atoms with van der Waals surface area (Å²) in [5.41, 5.74) is 1.76. The van der Waals surface area contributed by atoms with Crippen molar-refractivity contribution in [2.24, 2.45) is 0 Å². The molecule has 1 rings (SSSR count). The zero-order chi connectivity index (χ0) is 11.6. The molecule has 5 nitrogen and oxygen atoms in total. The number of aromatic nitrogens is 2. The molecule has 84 valence electrons. The number of nitrogens with one attached hydrogen (secondary N) is 2. The lowest BCUT2D eigenvalue weighted by molar-refractivity contribution is 0.0635. The van der Waals surface area contributed by atoms with Crippen LogP contribution in [0.2, 0.25) is 0 Å². The molecule has 0 aliphatic rings. The summed E-state index contributed by atoms with van der Waals surface area (Å²) in [6, 6.07) is 0. The molecule has 1 heterocycles. The minimum atomic E-state index is -0.490. The summed E-state index contributed by atoms with van der Waals surface area (Å²) >= 11 is 0. The molecule has 2 N–H and O–H groups in total. The Labute approximate surface area is 89.2 Å². The standard InChI is InChI=1S/C10H17N3O2/c1-6-8(7(2)13-12-6)11-9(14)15-10(3,4)5/h1-5H3,(H,11,14)(H,12,13). The molecule has 0 saturated heterocycles. The average Bonchev–Trinajstić information content (AvgIpc) is 2.32. The summed E-state index contributed by atoms with van der Waals surface area (Å²) in [5, 5.41) is 9.42. The van der Waals surface area contributed by atoms with Crippen molar-refractivity contribution < 1.29 is 9.53 Å². The number of carbonyl (C=O) groups excluding carboxylic acids is 1. The molecule has 0 bridgehead atoms. The lowest BCUT2D eigenvalue weighted by Gasteiger charge is -2.19. The fraction of sp³-hybridized carbons (Fsp3) is 0.600. The molecule has 15 heavy (non-hydrogen) atoms. The van der Waals surface area contributed by atoms with Gasteiger partial charge in [0.1, 0.15) is 5.60 Å². The number of amides is 1. The third-order valence-corrected chi connectivity index (χ3v) is 1.75. The van der Waals surface area contributed by atoms with E-state index in [2.05, 4.69) is 15.5 Å². The number of nitrogens with zero attached hydrogens (tertiary/aromatic N) is 1. The number of aromatic amines is 1. The van der Waals surface area contributed by atoms with E-state index in [0.29, 0.717) is 5.69 Å². The minimum Gasteiger partial charge on any atom is -0.444 e. The van der Waals surface area contributed by atoms with Crippen LogP contribution in [0.4, 0.5) is 10.5 Å². The maximum Gasteiger partial charge on any atom is 0.412 e. The highest BCUT2D eigenvalue weighted by molar-refractivity contribution is 5.86. The predicted molar refractivity (Wildman–Crippen MR) is 57.9 cm³/mol. The van der Waals surface area contributed by atoms with Crippen molar-refractivity contribution in [2.75, 3.05) is 5.32 Å². The molecule has 1 aromatic heterocycles. The van der Waals surface area contributed by atoms with Gasteiger partial charge < -0.3 is 4.74 Å². The topological polar surface area (TPSA) is 67.0 Å². The monoisotopic (exact) mass is 211 g/mol. The van der Waals surface area contributed by atoms with E-state index in [-0.39, 0.29) is 0 Å². The minimum absolute atomic E-state index is 0.463. The number of anilines is 1. The van der Waals surface area contributed by atoms with Crippen molar-refractivity contribution in [3.8, 4) is 0 Å². The van der Waals surface area contributed by atoms with Gasteiger partial charge in [0, 0.05) is 0 Å². The van der Waals surface area contributed by atoms with Crippen molar-refractivity contribution in [2.45, 2.75) is 40.2 Å². The second-order valence-electron chi connectivity index (χ2n) is 4.44. The molecule has 0 aromatic carbocycles. The van der Waals surface area contributed by atoms with Gasteiger partial charge in [0.05, 0.1) is 17.1 Å². The van der Waals surface area contributed by atoms with E-state index in [9.17, 15) is 4.79 Å². The largest absolute Gasteiger partial charge is 0.444 e. The first kappa shape index (κ1) is 11.6. The first-order valence-electron chi connectivity index (χ1n) is 4.81. The summed E-state index contributed by atoms with van der Waals surface area (Å²) in [4.78, 5) is 11.5. The Morgan fingerprint density at radius 1 is 1.40 bits per heavy atom. The molecule has 0 fully saturated rings. The molecule has 0 aliphatic heterocycles. The lowest BCUT2D eigenvalue weighted by atomic mass is 10.2. The third-order valence-electron chi connectivity index (χ3n) is 1.75. The zero-order valence-corrected chi connectivity index (χ0v) is 9.76. The van der Waals surface area contributed by atoms with Crippen molar-refractivity contribution in [3.05, 3.63) is 11.4 Å². The van der Waals surface area contributed by atoms with Crippen LogP contribution >= 0.6 is 0 Å².